The lowest BCUT2D eigenvalue weighted by Gasteiger charge is -2.07. The summed E-state index contributed by atoms with van der Waals surface area (Å²) in [5.41, 5.74) is 3.80. The number of pyridine rings is 1. The third-order valence-electron chi connectivity index (χ3n) is 3.69. The summed E-state index contributed by atoms with van der Waals surface area (Å²) in [5, 5.41) is 4.02. The van der Waals surface area contributed by atoms with Crippen LogP contribution in [0.1, 0.15) is 5.56 Å². The number of benzene rings is 1. The maximum absolute atomic E-state index is 12.7. The summed E-state index contributed by atoms with van der Waals surface area (Å²) in [5.74, 6) is 0. The summed E-state index contributed by atoms with van der Waals surface area (Å²) in [6, 6.07) is 15.6. The molecule has 3 aromatic heterocycles. The Bertz CT molecular complexity index is 1010. The van der Waals surface area contributed by atoms with Crippen molar-refractivity contribution in [2.75, 3.05) is 0 Å². The van der Waals surface area contributed by atoms with E-state index in [1.807, 2.05) is 59.3 Å². The van der Waals surface area contributed by atoms with E-state index in [-0.39, 0.29) is 5.56 Å². The maximum atomic E-state index is 12.7. The van der Waals surface area contributed by atoms with Crippen LogP contribution in [0.2, 0.25) is 0 Å². The molecule has 0 amide bonds. The molecule has 1 aromatic carbocycles. The standard InChI is InChI=1S/C18H13N3OS/c22-18-17-16(7-6-15(20-17)14-8-9-23-11-14)19-12-21(18)10-13-4-2-1-3-5-13/h1-9,11-12H,10H2. The highest BCUT2D eigenvalue weighted by molar-refractivity contribution is 7.08. The number of aromatic nitrogens is 3. The van der Waals surface area contributed by atoms with Crippen LogP contribution in [-0.2, 0) is 6.54 Å². The minimum atomic E-state index is -0.115. The van der Waals surface area contributed by atoms with Crippen LogP contribution in [-0.4, -0.2) is 14.5 Å². The fourth-order valence-corrected chi connectivity index (χ4v) is 3.15. The first-order valence-corrected chi connectivity index (χ1v) is 8.18. The molecule has 0 saturated carbocycles. The predicted octanol–water partition coefficient (Wildman–Crippen LogP) is 3.57. The molecule has 0 aliphatic carbocycles. The molecule has 0 aliphatic rings. The van der Waals surface area contributed by atoms with Gasteiger partial charge in [0.2, 0.25) is 0 Å². The van der Waals surface area contributed by atoms with Crippen LogP contribution in [0.5, 0.6) is 0 Å². The lowest BCUT2D eigenvalue weighted by Crippen LogP contribution is -2.22. The monoisotopic (exact) mass is 319 g/mol. The third kappa shape index (κ3) is 2.66. The quantitative estimate of drug-likeness (QED) is 0.580. The van der Waals surface area contributed by atoms with Crippen LogP contribution in [0.25, 0.3) is 22.3 Å². The molecular weight excluding hydrogens is 306 g/mol. The van der Waals surface area contributed by atoms with Crippen molar-refractivity contribution >= 4 is 22.4 Å². The van der Waals surface area contributed by atoms with E-state index in [1.54, 1.807) is 22.2 Å². The normalized spacial score (nSPS) is 11.0. The minimum absolute atomic E-state index is 0.115. The highest BCUT2D eigenvalue weighted by Gasteiger charge is 2.08. The number of hydrogen-bond acceptors (Lipinski definition) is 4. The molecule has 0 spiro atoms. The summed E-state index contributed by atoms with van der Waals surface area (Å²) in [4.78, 5) is 21.6. The highest BCUT2D eigenvalue weighted by Crippen LogP contribution is 2.21. The zero-order valence-electron chi connectivity index (χ0n) is 12.2. The van der Waals surface area contributed by atoms with Gasteiger partial charge < -0.3 is 0 Å². The van der Waals surface area contributed by atoms with Crippen LogP contribution in [0.4, 0.5) is 0 Å². The van der Waals surface area contributed by atoms with Gasteiger partial charge in [-0.2, -0.15) is 11.3 Å². The molecule has 4 nitrogen and oxygen atoms in total. The molecule has 5 heteroatoms. The zero-order valence-corrected chi connectivity index (χ0v) is 13.0. The summed E-state index contributed by atoms with van der Waals surface area (Å²) in [6.07, 6.45) is 1.59. The molecular formula is C18H13N3OS. The molecule has 0 saturated heterocycles. The predicted molar refractivity (Wildman–Crippen MR) is 92.7 cm³/mol. The molecule has 23 heavy (non-hydrogen) atoms. The van der Waals surface area contributed by atoms with E-state index in [2.05, 4.69) is 9.97 Å². The topological polar surface area (TPSA) is 47.8 Å². The molecule has 4 aromatic rings. The Balaban J connectivity index is 1.82. The molecule has 4 rings (SSSR count). The molecule has 0 radical (unpaired) electrons. The Labute approximate surface area is 136 Å². The molecule has 0 N–H and O–H groups in total. The summed E-state index contributed by atoms with van der Waals surface area (Å²) >= 11 is 1.61. The average molecular weight is 319 g/mol. The van der Waals surface area contributed by atoms with Crippen molar-refractivity contribution in [3.8, 4) is 11.3 Å². The van der Waals surface area contributed by atoms with Crippen LogP contribution in [0.3, 0.4) is 0 Å². The Morgan fingerprint density at radius 3 is 2.70 bits per heavy atom. The SMILES string of the molecule is O=c1c2nc(-c3ccsc3)ccc2ncn1Cc1ccccc1. The lowest BCUT2D eigenvalue weighted by molar-refractivity contribution is 0.746. The van der Waals surface area contributed by atoms with E-state index in [0.29, 0.717) is 17.6 Å². The number of nitrogens with zero attached hydrogens (tertiary/aromatic N) is 3. The van der Waals surface area contributed by atoms with Gasteiger partial charge in [0.25, 0.3) is 5.56 Å². The van der Waals surface area contributed by atoms with E-state index < -0.39 is 0 Å². The van der Waals surface area contributed by atoms with Crippen molar-refractivity contribution in [1.29, 1.82) is 0 Å². The van der Waals surface area contributed by atoms with Crippen LogP contribution in [0.15, 0.2) is 70.4 Å². The minimum Gasteiger partial charge on any atom is -0.293 e. The zero-order chi connectivity index (χ0) is 15.6. The molecule has 3 heterocycles. The lowest BCUT2D eigenvalue weighted by atomic mass is 10.2. The fourth-order valence-electron chi connectivity index (χ4n) is 2.50. The molecule has 0 bridgehead atoms. The van der Waals surface area contributed by atoms with Crippen molar-refractivity contribution in [3.63, 3.8) is 0 Å². The van der Waals surface area contributed by atoms with E-state index >= 15 is 0 Å². The van der Waals surface area contributed by atoms with Gasteiger partial charge >= 0.3 is 0 Å². The van der Waals surface area contributed by atoms with E-state index in [4.69, 9.17) is 0 Å². The second kappa shape index (κ2) is 5.78. The van der Waals surface area contributed by atoms with Crippen LogP contribution in [0, 0.1) is 0 Å². The highest BCUT2D eigenvalue weighted by atomic mass is 32.1. The van der Waals surface area contributed by atoms with Gasteiger partial charge in [-0.15, -0.1) is 0 Å². The van der Waals surface area contributed by atoms with Gasteiger partial charge in [-0.1, -0.05) is 30.3 Å². The number of fused-ring (bicyclic) bond motifs is 1. The van der Waals surface area contributed by atoms with Gasteiger partial charge in [-0.25, -0.2) is 9.97 Å². The van der Waals surface area contributed by atoms with Gasteiger partial charge in [0, 0.05) is 10.9 Å². The third-order valence-corrected chi connectivity index (χ3v) is 4.37. The second-order valence-corrected chi connectivity index (χ2v) is 6.02. The van der Waals surface area contributed by atoms with Gasteiger partial charge in [-0.05, 0) is 29.1 Å². The first kappa shape index (κ1) is 13.8. The molecule has 0 atom stereocenters. The van der Waals surface area contributed by atoms with Crippen LogP contribution >= 0.6 is 11.3 Å². The summed E-state index contributed by atoms with van der Waals surface area (Å²) < 4.78 is 1.60. The number of thiophene rings is 1. The second-order valence-electron chi connectivity index (χ2n) is 5.24. The van der Waals surface area contributed by atoms with Gasteiger partial charge in [0.1, 0.15) is 0 Å². The Morgan fingerprint density at radius 2 is 1.91 bits per heavy atom. The summed E-state index contributed by atoms with van der Waals surface area (Å²) in [6.45, 7) is 0.493. The molecule has 0 unspecified atom stereocenters. The van der Waals surface area contributed by atoms with Crippen molar-refractivity contribution in [2.45, 2.75) is 6.54 Å². The Morgan fingerprint density at radius 1 is 1.04 bits per heavy atom. The maximum Gasteiger partial charge on any atom is 0.280 e. The van der Waals surface area contributed by atoms with E-state index in [9.17, 15) is 4.79 Å². The van der Waals surface area contributed by atoms with Crippen LogP contribution < -0.4 is 5.56 Å². The molecule has 0 aliphatic heterocycles. The number of rotatable bonds is 3. The van der Waals surface area contributed by atoms with Gasteiger partial charge in [0.15, 0.2) is 5.52 Å². The summed E-state index contributed by atoms with van der Waals surface area (Å²) in [7, 11) is 0. The van der Waals surface area contributed by atoms with Crippen molar-refractivity contribution in [3.05, 3.63) is 81.5 Å². The van der Waals surface area contributed by atoms with E-state index in [0.717, 1.165) is 16.8 Å². The Hall–Kier alpha value is -2.79. The van der Waals surface area contributed by atoms with E-state index in [1.165, 1.54) is 0 Å². The van der Waals surface area contributed by atoms with Crippen molar-refractivity contribution in [2.24, 2.45) is 0 Å². The molecule has 0 fully saturated rings. The van der Waals surface area contributed by atoms with Crippen molar-refractivity contribution in [1.82, 2.24) is 14.5 Å². The van der Waals surface area contributed by atoms with Gasteiger partial charge in [-0.3, -0.25) is 9.36 Å². The average Bonchev–Trinajstić information content (AvgIpc) is 3.13. The fraction of sp³-hybridized carbons (Fsp3) is 0.0556. The van der Waals surface area contributed by atoms with Crippen molar-refractivity contribution < 1.29 is 0 Å². The Kier molecular flexibility index (Phi) is 3.48. The molecule has 112 valence electrons. The number of hydrogen-bond donors (Lipinski definition) is 0. The first-order valence-electron chi connectivity index (χ1n) is 7.24. The van der Waals surface area contributed by atoms with Gasteiger partial charge in [0.05, 0.1) is 24.1 Å². The first-order chi connectivity index (χ1) is 11.3. The smallest absolute Gasteiger partial charge is 0.280 e. The largest absolute Gasteiger partial charge is 0.293 e.